The van der Waals surface area contributed by atoms with Gasteiger partial charge in [-0.05, 0) is 57.5 Å². The molecule has 2 aliphatic rings. The Morgan fingerprint density at radius 3 is 2.64 bits per heavy atom. The second kappa shape index (κ2) is 8.91. The molecule has 1 atom stereocenters. The van der Waals surface area contributed by atoms with Crippen molar-refractivity contribution in [2.45, 2.75) is 39.8 Å². The van der Waals surface area contributed by atoms with Crippen LogP contribution < -0.4 is 24.9 Å². The molecule has 0 fully saturated rings. The van der Waals surface area contributed by atoms with Gasteiger partial charge in [-0.25, -0.2) is 9.79 Å². The lowest BCUT2D eigenvalue weighted by atomic mass is 9.95. The first-order valence-electron chi connectivity index (χ1n) is 11.5. The Bertz CT molecular complexity index is 1640. The number of fused-ring (bicyclic) bond motifs is 2. The fraction of sp³-hybridized carbons (Fsp3) is 0.259. The number of carbonyl (C=O) groups is 2. The molecule has 1 amide bonds. The average molecular weight is 504 g/mol. The largest absolute Gasteiger partial charge is 0.497 e. The van der Waals surface area contributed by atoms with Crippen molar-refractivity contribution in [3.05, 3.63) is 90.1 Å². The van der Waals surface area contributed by atoms with E-state index in [0.717, 1.165) is 16.9 Å². The van der Waals surface area contributed by atoms with Crippen LogP contribution in [0.1, 0.15) is 43.5 Å². The summed E-state index contributed by atoms with van der Waals surface area (Å²) in [6.07, 6.45) is -0.350. The van der Waals surface area contributed by atoms with Crippen LogP contribution in [-0.2, 0) is 14.3 Å². The number of hydrogen-bond donors (Lipinski definition) is 1. The number of benzene rings is 2. The van der Waals surface area contributed by atoms with E-state index >= 15 is 0 Å². The van der Waals surface area contributed by atoms with Gasteiger partial charge in [0.2, 0.25) is 0 Å². The highest BCUT2D eigenvalue weighted by molar-refractivity contribution is 7.07. The molecule has 2 aromatic carbocycles. The molecule has 1 N–H and O–H groups in total. The summed E-state index contributed by atoms with van der Waals surface area (Å²) in [6, 6.07) is 12.0. The van der Waals surface area contributed by atoms with Crippen LogP contribution in [-0.4, -0.2) is 29.7 Å². The van der Waals surface area contributed by atoms with Crippen molar-refractivity contribution in [1.82, 2.24) is 4.57 Å². The average Bonchev–Trinajstić information content (AvgIpc) is 3.32. The van der Waals surface area contributed by atoms with Gasteiger partial charge in [-0.2, -0.15) is 0 Å². The lowest BCUT2D eigenvalue weighted by molar-refractivity contribution is -0.143. The van der Waals surface area contributed by atoms with Crippen molar-refractivity contribution in [2.24, 2.45) is 4.99 Å². The van der Waals surface area contributed by atoms with Crippen LogP contribution >= 0.6 is 11.3 Å². The highest BCUT2D eigenvalue weighted by Gasteiger charge is 2.35. The monoisotopic (exact) mass is 503 g/mol. The summed E-state index contributed by atoms with van der Waals surface area (Å²) in [5.74, 6) is -0.297. The van der Waals surface area contributed by atoms with Gasteiger partial charge in [0.1, 0.15) is 10.3 Å². The number of nitrogens with zero attached hydrogens (tertiary/aromatic N) is 2. The molecule has 9 heteroatoms. The van der Waals surface area contributed by atoms with Crippen molar-refractivity contribution >= 4 is 34.5 Å². The van der Waals surface area contributed by atoms with Crippen molar-refractivity contribution in [2.75, 3.05) is 12.4 Å². The number of anilines is 1. The highest BCUT2D eigenvalue weighted by atomic mass is 32.1. The first kappa shape index (κ1) is 23.7. The van der Waals surface area contributed by atoms with Gasteiger partial charge in [0.05, 0.1) is 36.1 Å². The quantitative estimate of drug-likeness (QED) is 0.552. The van der Waals surface area contributed by atoms with Crippen LogP contribution in [0.2, 0.25) is 0 Å². The van der Waals surface area contributed by atoms with Crippen LogP contribution in [0.4, 0.5) is 5.69 Å². The maximum absolute atomic E-state index is 14.0. The van der Waals surface area contributed by atoms with Gasteiger partial charge in [-0.3, -0.25) is 14.2 Å². The molecule has 184 valence electrons. The molecule has 0 spiro atoms. The third-order valence-corrected chi connectivity index (χ3v) is 7.17. The summed E-state index contributed by atoms with van der Waals surface area (Å²) >= 11 is 1.14. The van der Waals surface area contributed by atoms with Crippen molar-refractivity contribution < 1.29 is 19.1 Å². The minimum absolute atomic E-state index is 0.271. The van der Waals surface area contributed by atoms with Crippen LogP contribution in [0, 0.1) is 6.92 Å². The van der Waals surface area contributed by atoms with E-state index in [1.165, 1.54) is 4.57 Å². The predicted octanol–water partition coefficient (Wildman–Crippen LogP) is 2.83. The zero-order valence-corrected chi connectivity index (χ0v) is 21.4. The zero-order valence-electron chi connectivity index (χ0n) is 20.5. The molecule has 8 nitrogen and oxygen atoms in total. The number of nitrogens with one attached hydrogen (secondary N) is 1. The van der Waals surface area contributed by atoms with Gasteiger partial charge >= 0.3 is 5.97 Å². The lowest BCUT2D eigenvalue weighted by Crippen LogP contribution is -2.40. The van der Waals surface area contributed by atoms with Gasteiger partial charge < -0.3 is 14.8 Å². The van der Waals surface area contributed by atoms with E-state index in [0.29, 0.717) is 38.6 Å². The molecule has 1 aromatic heterocycles. The van der Waals surface area contributed by atoms with Crippen molar-refractivity contribution in [3.63, 3.8) is 0 Å². The summed E-state index contributed by atoms with van der Waals surface area (Å²) in [6.45, 7) is 7.19. The fourth-order valence-corrected chi connectivity index (χ4v) is 5.69. The Balaban J connectivity index is 1.82. The number of allylic oxidation sites excluding steroid dienone is 1. The Hall–Kier alpha value is -3.98. The molecular formula is C27H25N3O5S. The Labute approximate surface area is 211 Å². The summed E-state index contributed by atoms with van der Waals surface area (Å²) in [4.78, 5) is 45.2. The van der Waals surface area contributed by atoms with Crippen LogP contribution in [0.15, 0.2) is 63.5 Å². The molecule has 0 saturated carbocycles. The van der Waals surface area contributed by atoms with E-state index in [4.69, 9.17) is 9.47 Å². The lowest BCUT2D eigenvalue weighted by Gasteiger charge is -2.25. The number of amides is 1. The number of thiazole rings is 1. The second-order valence-corrected chi connectivity index (χ2v) is 9.99. The first-order chi connectivity index (χ1) is 17.2. The second-order valence-electron chi connectivity index (χ2n) is 9.01. The van der Waals surface area contributed by atoms with E-state index in [2.05, 4.69) is 10.3 Å². The van der Waals surface area contributed by atoms with E-state index < -0.39 is 17.6 Å². The molecular weight excluding hydrogens is 478 g/mol. The van der Waals surface area contributed by atoms with E-state index in [1.807, 2.05) is 31.2 Å². The minimum atomic E-state index is -0.793. The molecule has 3 heterocycles. The summed E-state index contributed by atoms with van der Waals surface area (Å²) in [7, 11) is 1.55. The number of esters is 1. The Kier molecular flexibility index (Phi) is 5.88. The van der Waals surface area contributed by atoms with E-state index in [1.54, 1.807) is 46.1 Å². The first-order valence-corrected chi connectivity index (χ1v) is 12.3. The molecule has 0 saturated heterocycles. The van der Waals surface area contributed by atoms with Gasteiger partial charge in [0.25, 0.3) is 11.5 Å². The van der Waals surface area contributed by atoms with Gasteiger partial charge in [-0.1, -0.05) is 35.1 Å². The number of ether oxygens (including phenoxy) is 2. The van der Waals surface area contributed by atoms with Gasteiger partial charge in [0.15, 0.2) is 4.80 Å². The number of methoxy groups -OCH3 is 1. The third kappa shape index (κ3) is 3.85. The number of hydrogen-bond acceptors (Lipinski definition) is 7. The smallest absolute Gasteiger partial charge is 0.338 e. The van der Waals surface area contributed by atoms with Crippen LogP contribution in [0.3, 0.4) is 0 Å². The molecule has 3 aromatic rings. The molecule has 0 unspecified atom stereocenters. The van der Waals surface area contributed by atoms with E-state index in [-0.39, 0.29) is 22.1 Å². The maximum Gasteiger partial charge on any atom is 0.338 e. The number of carbonyl (C=O) groups excluding carboxylic acids is 2. The minimum Gasteiger partial charge on any atom is -0.497 e. The van der Waals surface area contributed by atoms with Gasteiger partial charge in [0, 0.05) is 11.3 Å². The van der Waals surface area contributed by atoms with E-state index in [9.17, 15) is 14.4 Å². The summed E-state index contributed by atoms with van der Waals surface area (Å²) < 4.78 is 12.7. The topological polar surface area (TPSA) is 99.0 Å². The molecule has 0 radical (unpaired) electrons. The SMILES string of the molecule is COc1cccc([C@@H]2C(C(=O)OC(C)C)=C(C)N=c3s/c(=C4/C(=O)Nc5ccc(C)cc54)c(=O)n32)c1. The van der Waals surface area contributed by atoms with Crippen LogP contribution in [0.5, 0.6) is 5.75 Å². The molecule has 36 heavy (non-hydrogen) atoms. The number of aryl methyl sites for hydroxylation is 1. The number of aromatic nitrogens is 1. The Morgan fingerprint density at radius 2 is 1.92 bits per heavy atom. The summed E-state index contributed by atoms with van der Waals surface area (Å²) in [5, 5.41) is 2.85. The molecule has 0 bridgehead atoms. The van der Waals surface area contributed by atoms with Crippen molar-refractivity contribution in [1.29, 1.82) is 0 Å². The third-order valence-electron chi connectivity index (χ3n) is 6.12. The Morgan fingerprint density at radius 1 is 1.14 bits per heavy atom. The van der Waals surface area contributed by atoms with Gasteiger partial charge in [-0.15, -0.1) is 0 Å². The maximum atomic E-state index is 14.0. The van der Waals surface area contributed by atoms with Crippen LogP contribution in [0.25, 0.3) is 5.57 Å². The summed E-state index contributed by atoms with van der Waals surface area (Å²) in [5.41, 5.74) is 3.63. The normalized spacial score (nSPS) is 17.9. The fourth-order valence-electron chi connectivity index (χ4n) is 4.54. The molecule has 5 rings (SSSR count). The number of rotatable bonds is 4. The van der Waals surface area contributed by atoms with Crippen molar-refractivity contribution in [3.8, 4) is 5.75 Å². The highest BCUT2D eigenvalue weighted by Crippen LogP contribution is 2.34. The predicted molar refractivity (Wildman–Crippen MR) is 137 cm³/mol. The zero-order chi connectivity index (χ0) is 25.7. The standard InChI is InChI=1S/C27H25N3O5S/c1-13(2)35-26(33)20-15(4)28-27-30(22(20)16-7-6-8-17(12-16)34-5)25(32)23(36-27)21-18-11-14(3)9-10-19(18)29-24(21)31/h6-13,22H,1-5H3,(H,29,31)/b23-21+/t22-/m1/s1. The molecule has 2 aliphatic heterocycles. The molecule has 0 aliphatic carbocycles.